The van der Waals surface area contributed by atoms with Crippen LogP contribution < -0.4 is 16.0 Å². The number of rotatable bonds is 4. The zero-order chi connectivity index (χ0) is 18.7. The number of aromatic nitrogens is 1. The van der Waals surface area contributed by atoms with Crippen molar-refractivity contribution in [1.82, 2.24) is 4.98 Å². The van der Waals surface area contributed by atoms with Crippen molar-refractivity contribution in [2.45, 2.75) is 45.1 Å². The molecule has 138 valence electrons. The third-order valence-electron chi connectivity index (χ3n) is 5.04. The van der Waals surface area contributed by atoms with Gasteiger partial charge in [0.05, 0.1) is 11.3 Å². The molecule has 0 bridgehead atoms. The molecule has 1 aliphatic heterocycles. The first kappa shape index (κ1) is 18.2. The van der Waals surface area contributed by atoms with Crippen LogP contribution in [0.4, 0.5) is 11.4 Å². The first-order chi connectivity index (χ1) is 12.3. The Morgan fingerprint density at radius 3 is 2.38 bits per heavy atom. The monoisotopic (exact) mass is 352 g/mol. The summed E-state index contributed by atoms with van der Waals surface area (Å²) >= 11 is 0. The van der Waals surface area contributed by atoms with Gasteiger partial charge in [0.1, 0.15) is 0 Å². The predicted octanol–water partition coefficient (Wildman–Crippen LogP) is 3.56. The zero-order valence-corrected chi connectivity index (χ0v) is 15.8. The molecule has 0 saturated carbocycles. The van der Waals surface area contributed by atoms with Crippen LogP contribution in [0.2, 0.25) is 0 Å². The Kier molecular flexibility index (Phi) is 5.16. The molecule has 0 radical (unpaired) electrons. The second kappa shape index (κ2) is 7.36. The molecule has 1 amide bonds. The molecular weight excluding hydrogens is 324 g/mol. The highest BCUT2D eigenvalue weighted by Gasteiger charge is 2.21. The van der Waals surface area contributed by atoms with E-state index in [-0.39, 0.29) is 5.41 Å². The molecule has 2 heterocycles. The molecule has 0 unspecified atom stereocenters. The van der Waals surface area contributed by atoms with Gasteiger partial charge in [-0.1, -0.05) is 32.9 Å². The van der Waals surface area contributed by atoms with E-state index in [0.717, 1.165) is 31.6 Å². The summed E-state index contributed by atoms with van der Waals surface area (Å²) < 4.78 is 0. The van der Waals surface area contributed by atoms with Crippen LogP contribution in [-0.2, 0) is 5.41 Å². The normalized spacial score (nSPS) is 15.7. The summed E-state index contributed by atoms with van der Waals surface area (Å²) in [7, 11) is 0. The topological polar surface area (TPSA) is 71.2 Å². The average Bonchev–Trinajstić information content (AvgIpc) is 2.62. The van der Waals surface area contributed by atoms with Crippen molar-refractivity contribution in [3.05, 3.63) is 53.9 Å². The molecule has 26 heavy (non-hydrogen) atoms. The van der Waals surface area contributed by atoms with E-state index in [1.165, 1.54) is 17.4 Å². The third kappa shape index (κ3) is 4.15. The van der Waals surface area contributed by atoms with E-state index < -0.39 is 5.91 Å². The van der Waals surface area contributed by atoms with E-state index in [1.54, 1.807) is 6.20 Å². The Morgan fingerprint density at radius 2 is 1.81 bits per heavy atom. The number of carbonyl (C=O) groups excluding carboxylic acids is 1. The predicted molar refractivity (Wildman–Crippen MR) is 107 cm³/mol. The Morgan fingerprint density at radius 1 is 1.15 bits per heavy atom. The molecule has 1 aliphatic rings. The van der Waals surface area contributed by atoms with Gasteiger partial charge in [0.15, 0.2) is 0 Å². The third-order valence-corrected chi connectivity index (χ3v) is 5.04. The number of amides is 1. The SMILES string of the molecule is CC(C)(C)c1ccc(N2CCC(Nc3ccncc3C(N)=O)CC2)cc1. The molecule has 3 rings (SSSR count). The molecule has 0 aliphatic carbocycles. The van der Waals surface area contributed by atoms with Crippen molar-refractivity contribution >= 4 is 17.3 Å². The summed E-state index contributed by atoms with van der Waals surface area (Å²) in [6, 6.07) is 11.1. The average molecular weight is 352 g/mol. The fraction of sp³-hybridized carbons (Fsp3) is 0.429. The minimum absolute atomic E-state index is 0.179. The van der Waals surface area contributed by atoms with Gasteiger partial charge in [-0.05, 0) is 42.0 Å². The molecule has 1 fully saturated rings. The summed E-state index contributed by atoms with van der Waals surface area (Å²) in [5, 5.41) is 3.46. The number of nitrogens with one attached hydrogen (secondary N) is 1. The van der Waals surface area contributed by atoms with Crippen LogP contribution in [0.25, 0.3) is 0 Å². The van der Waals surface area contributed by atoms with E-state index in [9.17, 15) is 4.79 Å². The van der Waals surface area contributed by atoms with Crippen LogP contribution in [0.3, 0.4) is 0 Å². The summed E-state index contributed by atoms with van der Waals surface area (Å²) in [6.07, 6.45) is 5.24. The number of anilines is 2. The van der Waals surface area contributed by atoms with Crippen molar-refractivity contribution in [3.63, 3.8) is 0 Å². The summed E-state index contributed by atoms with van der Waals surface area (Å²) in [5.74, 6) is -0.447. The van der Waals surface area contributed by atoms with Gasteiger partial charge in [0.2, 0.25) is 0 Å². The highest BCUT2D eigenvalue weighted by atomic mass is 16.1. The van der Waals surface area contributed by atoms with E-state index in [4.69, 9.17) is 5.73 Å². The van der Waals surface area contributed by atoms with Gasteiger partial charge in [0.25, 0.3) is 5.91 Å². The lowest BCUT2D eigenvalue weighted by Crippen LogP contribution is -2.39. The maximum absolute atomic E-state index is 11.5. The number of hydrogen-bond acceptors (Lipinski definition) is 4. The molecule has 0 atom stereocenters. The van der Waals surface area contributed by atoms with Crippen LogP contribution in [-0.4, -0.2) is 30.0 Å². The number of carbonyl (C=O) groups is 1. The zero-order valence-electron chi connectivity index (χ0n) is 15.8. The quantitative estimate of drug-likeness (QED) is 0.882. The highest BCUT2D eigenvalue weighted by Crippen LogP contribution is 2.27. The molecule has 2 aromatic rings. The second-order valence-corrected chi connectivity index (χ2v) is 7.99. The van der Waals surface area contributed by atoms with Crippen LogP contribution >= 0.6 is 0 Å². The number of hydrogen-bond donors (Lipinski definition) is 2. The lowest BCUT2D eigenvalue weighted by atomic mass is 9.87. The maximum atomic E-state index is 11.5. The lowest BCUT2D eigenvalue weighted by molar-refractivity contribution is 0.100. The summed E-state index contributed by atoms with van der Waals surface area (Å²) in [5.41, 5.74) is 9.47. The molecule has 1 saturated heterocycles. The van der Waals surface area contributed by atoms with Crippen molar-refractivity contribution < 1.29 is 4.79 Å². The number of nitrogens with zero attached hydrogens (tertiary/aromatic N) is 2. The van der Waals surface area contributed by atoms with Crippen molar-refractivity contribution in [3.8, 4) is 0 Å². The standard InChI is InChI=1S/C21H28N4O/c1-21(2,3)15-4-6-17(7-5-15)25-12-9-16(10-13-25)24-19-8-11-23-14-18(19)20(22)26/h4-8,11,14,16H,9-10,12-13H2,1-3H3,(H2,22,26)(H,23,24). The maximum Gasteiger partial charge on any atom is 0.252 e. The van der Waals surface area contributed by atoms with Crippen molar-refractivity contribution in [2.24, 2.45) is 5.73 Å². The van der Waals surface area contributed by atoms with Crippen LogP contribution in [0.15, 0.2) is 42.7 Å². The molecule has 1 aromatic heterocycles. The summed E-state index contributed by atoms with van der Waals surface area (Å²) in [6.45, 7) is 8.68. The Bertz CT molecular complexity index is 756. The van der Waals surface area contributed by atoms with E-state index >= 15 is 0 Å². The van der Waals surface area contributed by atoms with Gasteiger partial charge >= 0.3 is 0 Å². The van der Waals surface area contributed by atoms with Gasteiger partial charge in [-0.2, -0.15) is 0 Å². The fourth-order valence-electron chi connectivity index (χ4n) is 3.39. The molecule has 1 aromatic carbocycles. The van der Waals surface area contributed by atoms with Crippen LogP contribution in [0, 0.1) is 0 Å². The molecule has 0 spiro atoms. The van der Waals surface area contributed by atoms with Gasteiger partial charge < -0.3 is 16.0 Å². The number of pyridine rings is 1. The molecule has 5 heteroatoms. The van der Waals surface area contributed by atoms with Crippen LogP contribution in [0.1, 0.15) is 49.5 Å². The van der Waals surface area contributed by atoms with E-state index in [1.807, 2.05) is 6.07 Å². The van der Waals surface area contributed by atoms with E-state index in [2.05, 4.69) is 60.2 Å². The first-order valence-electron chi connectivity index (χ1n) is 9.20. The van der Waals surface area contributed by atoms with Gasteiger partial charge in [-0.3, -0.25) is 9.78 Å². The Labute approximate surface area is 155 Å². The van der Waals surface area contributed by atoms with Crippen molar-refractivity contribution in [2.75, 3.05) is 23.3 Å². The summed E-state index contributed by atoms with van der Waals surface area (Å²) in [4.78, 5) is 17.9. The largest absolute Gasteiger partial charge is 0.381 e. The second-order valence-electron chi connectivity index (χ2n) is 7.99. The minimum Gasteiger partial charge on any atom is -0.381 e. The Hall–Kier alpha value is -2.56. The van der Waals surface area contributed by atoms with Gasteiger partial charge in [0, 0.05) is 37.2 Å². The number of primary amides is 1. The number of benzene rings is 1. The van der Waals surface area contributed by atoms with Gasteiger partial charge in [-0.25, -0.2) is 0 Å². The molecular formula is C21H28N4O. The lowest BCUT2D eigenvalue weighted by Gasteiger charge is -2.35. The van der Waals surface area contributed by atoms with Crippen LogP contribution in [0.5, 0.6) is 0 Å². The van der Waals surface area contributed by atoms with Gasteiger partial charge in [-0.15, -0.1) is 0 Å². The Balaban J connectivity index is 1.60. The first-order valence-corrected chi connectivity index (χ1v) is 9.20. The smallest absolute Gasteiger partial charge is 0.252 e. The minimum atomic E-state index is -0.447. The van der Waals surface area contributed by atoms with Crippen molar-refractivity contribution in [1.29, 1.82) is 0 Å². The fourth-order valence-corrected chi connectivity index (χ4v) is 3.39. The number of piperidine rings is 1. The molecule has 5 nitrogen and oxygen atoms in total. The highest BCUT2D eigenvalue weighted by molar-refractivity contribution is 5.98. The number of nitrogens with two attached hydrogens (primary N) is 1. The van der Waals surface area contributed by atoms with E-state index in [0.29, 0.717) is 11.6 Å². The molecule has 3 N–H and O–H groups in total.